The Morgan fingerprint density at radius 2 is 1.64 bits per heavy atom. The summed E-state index contributed by atoms with van der Waals surface area (Å²) < 4.78 is 0. The van der Waals surface area contributed by atoms with Gasteiger partial charge in [0.25, 0.3) is 0 Å². The number of hydrogen-bond donors (Lipinski definition) is 2. The van der Waals surface area contributed by atoms with Gasteiger partial charge in [-0.25, -0.2) is 0 Å². The highest BCUT2D eigenvalue weighted by molar-refractivity contribution is 5.79. The number of aliphatic imine (C=N–C) groups is 1. The van der Waals surface area contributed by atoms with Crippen LogP contribution >= 0.6 is 0 Å². The van der Waals surface area contributed by atoms with Crippen LogP contribution in [0.15, 0.2) is 4.99 Å². The van der Waals surface area contributed by atoms with Crippen molar-refractivity contribution in [2.45, 2.75) is 46.5 Å². The molecule has 1 aliphatic rings. The van der Waals surface area contributed by atoms with E-state index in [4.69, 9.17) is 0 Å². The van der Waals surface area contributed by atoms with E-state index in [1.807, 2.05) is 0 Å². The van der Waals surface area contributed by atoms with Crippen LogP contribution in [0.4, 0.5) is 0 Å². The maximum Gasteiger partial charge on any atom is 0.191 e. The topological polar surface area (TPSA) is 42.9 Å². The Bertz CT molecular complexity index is 285. The average molecular weight is 312 g/mol. The van der Waals surface area contributed by atoms with Crippen molar-refractivity contribution in [3.63, 3.8) is 0 Å². The van der Waals surface area contributed by atoms with Crippen molar-refractivity contribution in [3.05, 3.63) is 0 Å². The number of likely N-dealkylation sites (N-methyl/N-ethyl adjacent to an activating group) is 1. The maximum atomic E-state index is 4.66. The Kier molecular flexibility index (Phi) is 11.1. The quantitative estimate of drug-likeness (QED) is 0.366. The zero-order valence-corrected chi connectivity index (χ0v) is 15.0. The van der Waals surface area contributed by atoms with Crippen molar-refractivity contribution in [2.75, 3.05) is 58.9 Å². The molecule has 0 aromatic heterocycles. The largest absolute Gasteiger partial charge is 0.357 e. The predicted octanol–water partition coefficient (Wildman–Crippen LogP) is 1.76. The number of unbranched alkanes of at least 4 members (excludes halogenated alkanes) is 2. The van der Waals surface area contributed by atoms with Crippen molar-refractivity contribution >= 4 is 5.96 Å². The van der Waals surface area contributed by atoms with Crippen LogP contribution in [-0.2, 0) is 0 Å². The molecule has 1 fully saturated rings. The maximum absolute atomic E-state index is 4.66. The molecule has 0 aliphatic carbocycles. The number of nitrogens with one attached hydrogen (secondary N) is 2. The Morgan fingerprint density at radius 1 is 0.909 bits per heavy atom. The van der Waals surface area contributed by atoms with Gasteiger partial charge in [-0.15, -0.1) is 0 Å². The molecular weight excluding hydrogens is 274 g/mol. The van der Waals surface area contributed by atoms with Crippen molar-refractivity contribution in [1.29, 1.82) is 0 Å². The summed E-state index contributed by atoms with van der Waals surface area (Å²) in [6, 6.07) is 0. The van der Waals surface area contributed by atoms with E-state index >= 15 is 0 Å². The van der Waals surface area contributed by atoms with Crippen LogP contribution in [0.3, 0.4) is 0 Å². The summed E-state index contributed by atoms with van der Waals surface area (Å²) in [4.78, 5) is 9.79. The second-order valence-electron chi connectivity index (χ2n) is 6.02. The first-order valence-corrected chi connectivity index (χ1v) is 9.27. The zero-order valence-electron chi connectivity index (χ0n) is 15.0. The molecule has 1 saturated heterocycles. The number of hydrogen-bond acceptors (Lipinski definition) is 3. The van der Waals surface area contributed by atoms with E-state index in [0.29, 0.717) is 0 Å². The second-order valence-corrected chi connectivity index (χ2v) is 6.02. The SMILES string of the molecule is CCCCNC(=NCCCCN1CCN(CC)CC1)NCC. The summed E-state index contributed by atoms with van der Waals surface area (Å²) in [5.41, 5.74) is 0. The third-order valence-electron chi connectivity index (χ3n) is 4.23. The van der Waals surface area contributed by atoms with Gasteiger partial charge in [-0.3, -0.25) is 4.99 Å². The highest BCUT2D eigenvalue weighted by Gasteiger charge is 2.14. The Balaban J connectivity index is 2.10. The molecule has 0 aromatic rings. The van der Waals surface area contributed by atoms with Crippen LogP contribution in [0.5, 0.6) is 0 Å². The van der Waals surface area contributed by atoms with Gasteiger partial charge in [0.1, 0.15) is 0 Å². The molecule has 5 heteroatoms. The minimum atomic E-state index is 0.927. The van der Waals surface area contributed by atoms with Gasteiger partial charge in [-0.05, 0) is 39.3 Å². The molecule has 1 aliphatic heterocycles. The minimum absolute atomic E-state index is 0.927. The molecule has 0 unspecified atom stereocenters. The Hall–Kier alpha value is -0.810. The lowest BCUT2D eigenvalue weighted by Gasteiger charge is -2.33. The van der Waals surface area contributed by atoms with Crippen LogP contribution < -0.4 is 10.6 Å². The standard InChI is InChI=1S/C17H37N5/c1-4-7-10-19-17(18-5-2)20-11-8-9-12-22-15-13-21(6-3)14-16-22/h4-16H2,1-3H3,(H2,18,19,20). The molecular formula is C17H37N5. The summed E-state index contributed by atoms with van der Waals surface area (Å²) in [5.74, 6) is 0.979. The molecule has 5 nitrogen and oxygen atoms in total. The minimum Gasteiger partial charge on any atom is -0.357 e. The Morgan fingerprint density at radius 3 is 2.27 bits per heavy atom. The monoisotopic (exact) mass is 311 g/mol. The molecule has 130 valence electrons. The van der Waals surface area contributed by atoms with E-state index in [9.17, 15) is 0 Å². The van der Waals surface area contributed by atoms with Crippen molar-refractivity contribution in [2.24, 2.45) is 4.99 Å². The lowest BCUT2D eigenvalue weighted by molar-refractivity contribution is 0.136. The van der Waals surface area contributed by atoms with Gasteiger partial charge in [0.15, 0.2) is 5.96 Å². The first kappa shape index (κ1) is 19.2. The molecule has 0 amide bonds. The highest BCUT2D eigenvalue weighted by Crippen LogP contribution is 2.03. The first-order valence-electron chi connectivity index (χ1n) is 9.27. The summed E-state index contributed by atoms with van der Waals surface area (Å²) in [6.45, 7) is 16.8. The normalized spacial score (nSPS) is 17.7. The third-order valence-corrected chi connectivity index (χ3v) is 4.23. The van der Waals surface area contributed by atoms with E-state index in [-0.39, 0.29) is 0 Å². The fraction of sp³-hybridized carbons (Fsp3) is 0.941. The third kappa shape index (κ3) is 8.59. The van der Waals surface area contributed by atoms with Crippen LogP contribution in [0, 0.1) is 0 Å². The summed E-state index contributed by atoms with van der Waals surface area (Å²) in [5, 5.41) is 6.71. The molecule has 0 saturated carbocycles. The van der Waals surface area contributed by atoms with Crippen molar-refractivity contribution in [1.82, 2.24) is 20.4 Å². The predicted molar refractivity (Wildman–Crippen MR) is 96.7 cm³/mol. The van der Waals surface area contributed by atoms with Gasteiger partial charge in [0, 0.05) is 45.8 Å². The van der Waals surface area contributed by atoms with Crippen molar-refractivity contribution < 1.29 is 0 Å². The van der Waals surface area contributed by atoms with E-state index in [2.05, 4.69) is 46.2 Å². The first-order chi connectivity index (χ1) is 10.8. The lowest BCUT2D eigenvalue weighted by Crippen LogP contribution is -2.46. The molecule has 0 spiro atoms. The molecule has 0 radical (unpaired) electrons. The van der Waals surface area contributed by atoms with E-state index in [1.54, 1.807) is 0 Å². The summed E-state index contributed by atoms with van der Waals surface area (Å²) in [7, 11) is 0. The van der Waals surface area contributed by atoms with Crippen molar-refractivity contribution in [3.8, 4) is 0 Å². The molecule has 1 rings (SSSR count). The molecule has 22 heavy (non-hydrogen) atoms. The molecule has 0 atom stereocenters. The molecule has 2 N–H and O–H groups in total. The van der Waals surface area contributed by atoms with Gasteiger partial charge >= 0.3 is 0 Å². The van der Waals surface area contributed by atoms with E-state index in [1.165, 1.54) is 65.0 Å². The number of nitrogens with zero attached hydrogens (tertiary/aromatic N) is 3. The van der Waals surface area contributed by atoms with Crippen LogP contribution in [0.2, 0.25) is 0 Å². The smallest absolute Gasteiger partial charge is 0.191 e. The number of rotatable bonds is 10. The second kappa shape index (κ2) is 12.7. The highest BCUT2D eigenvalue weighted by atomic mass is 15.3. The van der Waals surface area contributed by atoms with E-state index < -0.39 is 0 Å². The molecule has 1 heterocycles. The van der Waals surface area contributed by atoms with Gasteiger partial charge < -0.3 is 20.4 Å². The van der Waals surface area contributed by atoms with Gasteiger partial charge in [-0.2, -0.15) is 0 Å². The number of piperazine rings is 1. The molecule has 0 aromatic carbocycles. The van der Waals surface area contributed by atoms with Gasteiger partial charge in [0.05, 0.1) is 0 Å². The van der Waals surface area contributed by atoms with Gasteiger partial charge in [-0.1, -0.05) is 20.3 Å². The lowest BCUT2D eigenvalue weighted by atomic mass is 10.2. The van der Waals surface area contributed by atoms with Crippen LogP contribution in [-0.4, -0.2) is 74.7 Å². The van der Waals surface area contributed by atoms with Gasteiger partial charge in [0.2, 0.25) is 0 Å². The fourth-order valence-electron chi connectivity index (χ4n) is 2.69. The van der Waals surface area contributed by atoms with E-state index in [0.717, 1.165) is 25.6 Å². The zero-order chi connectivity index (χ0) is 16.0. The number of guanidine groups is 1. The van der Waals surface area contributed by atoms with Crippen LogP contribution in [0.25, 0.3) is 0 Å². The Labute approximate surface area is 137 Å². The van der Waals surface area contributed by atoms with Crippen LogP contribution in [0.1, 0.15) is 46.5 Å². The average Bonchev–Trinajstić information content (AvgIpc) is 2.55. The summed E-state index contributed by atoms with van der Waals surface area (Å²) in [6.07, 6.45) is 4.86. The molecule has 0 bridgehead atoms. The summed E-state index contributed by atoms with van der Waals surface area (Å²) >= 11 is 0. The fourth-order valence-corrected chi connectivity index (χ4v) is 2.69.